The van der Waals surface area contributed by atoms with E-state index in [0.29, 0.717) is 18.5 Å². The summed E-state index contributed by atoms with van der Waals surface area (Å²) in [6.07, 6.45) is 3.97. The number of pyridine rings is 1. The summed E-state index contributed by atoms with van der Waals surface area (Å²) >= 11 is 0. The summed E-state index contributed by atoms with van der Waals surface area (Å²) in [6, 6.07) is 3.42. The molecule has 0 spiro atoms. The highest BCUT2D eigenvalue weighted by molar-refractivity contribution is 5.93. The Morgan fingerprint density at radius 3 is 2.81 bits per heavy atom. The predicted molar refractivity (Wildman–Crippen MR) is 78.9 cm³/mol. The maximum atomic E-state index is 12.1. The number of nitrogen functional groups attached to an aromatic ring is 1. The van der Waals surface area contributed by atoms with Crippen LogP contribution in [-0.2, 0) is 11.3 Å². The first-order chi connectivity index (χ1) is 9.91. The molecule has 0 saturated carbocycles. The monoisotopic (exact) mass is 290 g/mol. The number of hydrogen-bond donors (Lipinski definition) is 2. The molecule has 1 saturated heterocycles. The van der Waals surface area contributed by atoms with Crippen LogP contribution in [0.15, 0.2) is 18.3 Å². The van der Waals surface area contributed by atoms with Crippen molar-refractivity contribution in [1.82, 2.24) is 15.3 Å². The molecule has 1 aromatic heterocycles. The van der Waals surface area contributed by atoms with Gasteiger partial charge in [0.05, 0.1) is 17.8 Å². The molecule has 0 bridgehead atoms. The van der Waals surface area contributed by atoms with Gasteiger partial charge in [0.15, 0.2) is 0 Å². The summed E-state index contributed by atoms with van der Waals surface area (Å²) in [5.41, 5.74) is 3.45. The number of aromatic nitrogens is 1. The SMILES string of the molecule is CC1(C)CCC(=O)N(Cc2ccc(C(=O)NN)cn2)CC1. The quantitative estimate of drug-likeness (QED) is 0.498. The third kappa shape index (κ3) is 4.01. The lowest BCUT2D eigenvalue weighted by Crippen LogP contribution is -2.31. The van der Waals surface area contributed by atoms with Crippen LogP contribution in [0.5, 0.6) is 0 Å². The molecule has 1 aliphatic heterocycles. The van der Waals surface area contributed by atoms with E-state index in [4.69, 9.17) is 5.84 Å². The molecular weight excluding hydrogens is 268 g/mol. The molecule has 3 N–H and O–H groups in total. The van der Waals surface area contributed by atoms with E-state index in [1.807, 2.05) is 4.90 Å². The predicted octanol–water partition coefficient (Wildman–Crippen LogP) is 1.22. The van der Waals surface area contributed by atoms with Crippen molar-refractivity contribution in [3.63, 3.8) is 0 Å². The lowest BCUT2D eigenvalue weighted by atomic mass is 9.85. The molecule has 0 aliphatic carbocycles. The maximum Gasteiger partial charge on any atom is 0.266 e. The number of amides is 2. The van der Waals surface area contributed by atoms with Gasteiger partial charge in [-0.25, -0.2) is 5.84 Å². The number of hydrogen-bond acceptors (Lipinski definition) is 4. The number of nitrogens with two attached hydrogens (primary N) is 1. The minimum absolute atomic E-state index is 0.172. The van der Waals surface area contributed by atoms with Crippen molar-refractivity contribution in [3.05, 3.63) is 29.6 Å². The Kier molecular flexibility index (Phi) is 4.57. The van der Waals surface area contributed by atoms with Crippen LogP contribution in [0, 0.1) is 5.41 Å². The van der Waals surface area contributed by atoms with E-state index in [9.17, 15) is 9.59 Å². The minimum Gasteiger partial charge on any atom is -0.337 e. The Morgan fingerprint density at radius 1 is 1.43 bits per heavy atom. The molecule has 0 radical (unpaired) electrons. The molecule has 1 fully saturated rings. The topological polar surface area (TPSA) is 88.3 Å². The molecule has 1 aliphatic rings. The Hall–Kier alpha value is -1.95. The van der Waals surface area contributed by atoms with Crippen molar-refractivity contribution in [2.45, 2.75) is 39.7 Å². The third-order valence-electron chi connectivity index (χ3n) is 4.00. The Balaban J connectivity index is 2.03. The van der Waals surface area contributed by atoms with Gasteiger partial charge in [-0.05, 0) is 30.4 Å². The normalized spacial score (nSPS) is 18.2. The number of nitrogens with zero attached hydrogens (tertiary/aromatic N) is 2. The van der Waals surface area contributed by atoms with E-state index in [1.165, 1.54) is 6.20 Å². The third-order valence-corrected chi connectivity index (χ3v) is 4.00. The van der Waals surface area contributed by atoms with Gasteiger partial charge in [0.1, 0.15) is 0 Å². The van der Waals surface area contributed by atoms with Crippen LogP contribution >= 0.6 is 0 Å². The molecule has 6 heteroatoms. The molecule has 0 aromatic carbocycles. The highest BCUT2D eigenvalue weighted by Gasteiger charge is 2.27. The minimum atomic E-state index is -0.373. The van der Waals surface area contributed by atoms with Crippen molar-refractivity contribution in [2.24, 2.45) is 11.3 Å². The summed E-state index contributed by atoms with van der Waals surface area (Å²) in [5.74, 6) is 4.87. The van der Waals surface area contributed by atoms with E-state index < -0.39 is 0 Å². The summed E-state index contributed by atoms with van der Waals surface area (Å²) in [5, 5.41) is 0. The Morgan fingerprint density at radius 2 is 2.19 bits per heavy atom. The van der Waals surface area contributed by atoms with Crippen LogP contribution in [0.1, 0.15) is 49.2 Å². The Labute approximate surface area is 124 Å². The molecule has 0 unspecified atom stereocenters. The second-order valence-electron chi connectivity index (χ2n) is 6.24. The van der Waals surface area contributed by atoms with Gasteiger partial charge in [0.25, 0.3) is 5.91 Å². The van der Waals surface area contributed by atoms with E-state index in [1.54, 1.807) is 12.1 Å². The van der Waals surface area contributed by atoms with E-state index in [0.717, 1.165) is 25.1 Å². The summed E-state index contributed by atoms with van der Waals surface area (Å²) in [7, 11) is 0. The van der Waals surface area contributed by atoms with Gasteiger partial charge in [0, 0.05) is 19.2 Å². The van der Waals surface area contributed by atoms with E-state index in [2.05, 4.69) is 24.3 Å². The number of hydrazine groups is 1. The van der Waals surface area contributed by atoms with Gasteiger partial charge in [0.2, 0.25) is 5.91 Å². The lowest BCUT2D eigenvalue weighted by molar-refractivity contribution is -0.131. The van der Waals surface area contributed by atoms with Crippen molar-refractivity contribution >= 4 is 11.8 Å². The smallest absolute Gasteiger partial charge is 0.266 e. The van der Waals surface area contributed by atoms with Crippen molar-refractivity contribution in [2.75, 3.05) is 6.54 Å². The number of nitrogens with one attached hydrogen (secondary N) is 1. The number of rotatable bonds is 3. The largest absolute Gasteiger partial charge is 0.337 e. The van der Waals surface area contributed by atoms with Crippen LogP contribution in [0.4, 0.5) is 0 Å². The maximum absolute atomic E-state index is 12.1. The fourth-order valence-electron chi connectivity index (χ4n) is 2.39. The number of likely N-dealkylation sites (tertiary alicyclic amines) is 1. The Bertz CT molecular complexity index is 525. The summed E-state index contributed by atoms with van der Waals surface area (Å²) in [6.45, 7) is 5.63. The highest BCUT2D eigenvalue weighted by atomic mass is 16.2. The van der Waals surface area contributed by atoms with Crippen molar-refractivity contribution < 1.29 is 9.59 Å². The first-order valence-electron chi connectivity index (χ1n) is 7.15. The van der Waals surface area contributed by atoms with E-state index in [-0.39, 0.29) is 17.2 Å². The molecule has 2 rings (SSSR count). The first kappa shape index (κ1) is 15.4. The second-order valence-corrected chi connectivity index (χ2v) is 6.24. The molecule has 21 heavy (non-hydrogen) atoms. The zero-order valence-corrected chi connectivity index (χ0v) is 12.6. The van der Waals surface area contributed by atoms with Gasteiger partial charge in [-0.1, -0.05) is 13.8 Å². The van der Waals surface area contributed by atoms with Crippen LogP contribution in [0.2, 0.25) is 0 Å². The highest BCUT2D eigenvalue weighted by Crippen LogP contribution is 2.30. The van der Waals surface area contributed by atoms with Crippen LogP contribution in [0.3, 0.4) is 0 Å². The number of carbonyl (C=O) groups excluding carboxylic acids is 2. The zero-order chi connectivity index (χ0) is 15.5. The van der Waals surface area contributed by atoms with Gasteiger partial charge < -0.3 is 4.90 Å². The van der Waals surface area contributed by atoms with Crippen LogP contribution < -0.4 is 11.3 Å². The molecular formula is C15H22N4O2. The second kappa shape index (κ2) is 6.22. The lowest BCUT2D eigenvalue weighted by Gasteiger charge is -2.23. The molecule has 0 atom stereocenters. The first-order valence-corrected chi connectivity index (χ1v) is 7.15. The molecule has 1 aromatic rings. The molecule has 114 valence electrons. The summed E-state index contributed by atoms with van der Waals surface area (Å²) < 4.78 is 0. The van der Waals surface area contributed by atoms with Crippen LogP contribution in [-0.4, -0.2) is 28.2 Å². The average molecular weight is 290 g/mol. The molecule has 2 amide bonds. The van der Waals surface area contributed by atoms with Gasteiger partial charge >= 0.3 is 0 Å². The van der Waals surface area contributed by atoms with Crippen LogP contribution in [0.25, 0.3) is 0 Å². The van der Waals surface area contributed by atoms with Gasteiger partial charge in [-0.2, -0.15) is 0 Å². The number of carbonyl (C=O) groups is 2. The van der Waals surface area contributed by atoms with Crippen molar-refractivity contribution in [1.29, 1.82) is 0 Å². The van der Waals surface area contributed by atoms with Gasteiger partial charge in [-0.3, -0.25) is 20.0 Å². The zero-order valence-electron chi connectivity index (χ0n) is 12.6. The average Bonchev–Trinajstić information content (AvgIpc) is 2.60. The van der Waals surface area contributed by atoms with Gasteiger partial charge in [-0.15, -0.1) is 0 Å². The summed E-state index contributed by atoms with van der Waals surface area (Å²) in [4.78, 5) is 29.6. The molecule has 6 nitrogen and oxygen atoms in total. The van der Waals surface area contributed by atoms with Crippen molar-refractivity contribution in [3.8, 4) is 0 Å². The fraction of sp³-hybridized carbons (Fsp3) is 0.533. The van der Waals surface area contributed by atoms with E-state index >= 15 is 0 Å². The molecule has 2 heterocycles. The fourth-order valence-corrected chi connectivity index (χ4v) is 2.39. The standard InChI is InChI=1S/C15H22N4O2/c1-15(2)6-5-13(20)19(8-7-15)10-12-4-3-11(9-17-12)14(21)18-16/h3-4,9H,5-8,10,16H2,1-2H3,(H,18,21).